The Morgan fingerprint density at radius 2 is 1.90 bits per heavy atom. The molecule has 6 nitrogen and oxygen atoms in total. The minimum absolute atomic E-state index is 0.160. The predicted molar refractivity (Wildman–Crippen MR) is 111 cm³/mol. The van der Waals surface area contributed by atoms with Gasteiger partial charge >= 0.3 is 0 Å². The maximum atomic E-state index is 14.3. The van der Waals surface area contributed by atoms with Gasteiger partial charge < -0.3 is 14.2 Å². The van der Waals surface area contributed by atoms with Crippen LogP contribution in [0.3, 0.4) is 0 Å². The minimum Gasteiger partial charge on any atom is -0.381 e. The van der Waals surface area contributed by atoms with Crippen LogP contribution in [0.5, 0.6) is 0 Å². The Bertz CT molecular complexity index is 1010. The van der Waals surface area contributed by atoms with Crippen LogP contribution in [-0.4, -0.2) is 53.8 Å². The molecule has 0 unspecified atom stereocenters. The zero-order valence-electron chi connectivity index (χ0n) is 17.0. The Hall–Kier alpha value is -2.25. The van der Waals surface area contributed by atoms with Gasteiger partial charge in [-0.1, -0.05) is 6.07 Å². The number of hydrogen-bond acceptors (Lipinski definition) is 5. The van der Waals surface area contributed by atoms with Gasteiger partial charge in [0.25, 0.3) is 5.56 Å². The average molecular weight is 410 g/mol. The number of likely N-dealkylation sites (tertiary alicyclic amines) is 1. The summed E-state index contributed by atoms with van der Waals surface area (Å²) in [5.41, 5.74) is 2.15. The second-order valence-electron chi connectivity index (χ2n) is 9.46. The van der Waals surface area contributed by atoms with Gasteiger partial charge in [-0.15, -0.1) is 0 Å². The van der Waals surface area contributed by atoms with Crippen molar-refractivity contribution < 1.29 is 9.13 Å². The Kier molecular flexibility index (Phi) is 4.42. The van der Waals surface area contributed by atoms with Gasteiger partial charge in [0, 0.05) is 74.5 Å². The van der Waals surface area contributed by atoms with Crippen molar-refractivity contribution in [2.24, 2.45) is 17.8 Å². The third kappa shape index (κ3) is 3.06. The molecule has 0 radical (unpaired) electrons. The first kappa shape index (κ1) is 18.5. The first-order valence-corrected chi connectivity index (χ1v) is 11.0. The first-order chi connectivity index (χ1) is 14.7. The number of aromatic nitrogens is 2. The van der Waals surface area contributed by atoms with Crippen molar-refractivity contribution in [3.8, 4) is 0 Å². The fraction of sp³-hybridized carbons (Fsp3) is 0.565. The molecule has 0 aromatic carbocycles. The van der Waals surface area contributed by atoms with Crippen LogP contribution in [0.4, 0.5) is 10.2 Å². The maximum Gasteiger partial charge on any atom is 0.255 e. The van der Waals surface area contributed by atoms with Gasteiger partial charge in [0.1, 0.15) is 0 Å². The highest BCUT2D eigenvalue weighted by atomic mass is 19.1. The summed E-state index contributed by atoms with van der Waals surface area (Å²) in [6.45, 7) is 6.68. The summed E-state index contributed by atoms with van der Waals surface area (Å²) in [7, 11) is 0. The van der Waals surface area contributed by atoms with E-state index in [4.69, 9.17) is 4.74 Å². The van der Waals surface area contributed by atoms with Crippen molar-refractivity contribution in [1.82, 2.24) is 14.5 Å². The van der Waals surface area contributed by atoms with E-state index < -0.39 is 0 Å². The number of ether oxygens (including phenoxy) is 1. The topological polar surface area (TPSA) is 50.6 Å². The molecule has 2 aromatic rings. The second kappa shape index (κ2) is 7.17. The van der Waals surface area contributed by atoms with E-state index in [0.717, 1.165) is 57.1 Å². The van der Waals surface area contributed by atoms with Crippen LogP contribution < -0.4 is 10.5 Å². The van der Waals surface area contributed by atoms with Gasteiger partial charge in [0.2, 0.25) is 0 Å². The van der Waals surface area contributed by atoms with Crippen molar-refractivity contribution in [3.05, 3.63) is 57.9 Å². The number of piperidine rings is 1. The molecule has 3 saturated heterocycles. The summed E-state index contributed by atoms with van der Waals surface area (Å²) >= 11 is 0. The van der Waals surface area contributed by atoms with E-state index in [0.29, 0.717) is 36.7 Å². The SMILES string of the molecule is O=c1c(CN2C[C@H]3COC[C@H]3C2)ccc2n1C[C@H]1C[C@@H]2CN(c2ncccc2F)C1. The zero-order chi connectivity index (χ0) is 20.2. The molecule has 7 heteroatoms. The third-order valence-corrected chi connectivity index (χ3v) is 7.43. The second-order valence-corrected chi connectivity index (χ2v) is 9.46. The monoisotopic (exact) mass is 410 g/mol. The van der Waals surface area contributed by atoms with Crippen molar-refractivity contribution in [2.75, 3.05) is 44.3 Å². The van der Waals surface area contributed by atoms with E-state index in [1.807, 2.05) is 10.6 Å². The molecule has 2 aromatic heterocycles. The third-order valence-electron chi connectivity index (χ3n) is 7.43. The Labute approximate surface area is 175 Å². The number of halogens is 1. The molecule has 6 heterocycles. The largest absolute Gasteiger partial charge is 0.381 e. The van der Waals surface area contributed by atoms with Gasteiger partial charge in [-0.05, 0) is 30.5 Å². The summed E-state index contributed by atoms with van der Waals surface area (Å²) in [6, 6.07) is 7.26. The van der Waals surface area contributed by atoms with Crippen molar-refractivity contribution in [2.45, 2.75) is 25.4 Å². The fourth-order valence-electron chi connectivity index (χ4n) is 6.05. The van der Waals surface area contributed by atoms with Gasteiger partial charge in [-0.3, -0.25) is 9.69 Å². The molecule has 6 rings (SSSR count). The van der Waals surface area contributed by atoms with Crippen LogP contribution in [0, 0.1) is 23.6 Å². The van der Waals surface area contributed by atoms with Crippen LogP contribution in [0.15, 0.2) is 35.3 Å². The molecule has 4 aliphatic heterocycles. The quantitative estimate of drug-likeness (QED) is 0.776. The molecule has 2 bridgehead atoms. The smallest absolute Gasteiger partial charge is 0.255 e. The van der Waals surface area contributed by atoms with Gasteiger partial charge in [0.05, 0.1) is 13.2 Å². The highest BCUT2D eigenvalue weighted by molar-refractivity contribution is 5.42. The van der Waals surface area contributed by atoms with Crippen molar-refractivity contribution in [1.29, 1.82) is 0 Å². The number of hydrogen-bond donors (Lipinski definition) is 0. The summed E-state index contributed by atoms with van der Waals surface area (Å²) in [4.78, 5) is 22.0. The number of anilines is 1. The predicted octanol–water partition coefficient (Wildman–Crippen LogP) is 2.08. The first-order valence-electron chi connectivity index (χ1n) is 11.0. The molecule has 0 N–H and O–H groups in total. The number of fused-ring (bicyclic) bond motifs is 5. The minimum atomic E-state index is -0.272. The van der Waals surface area contributed by atoms with E-state index in [-0.39, 0.29) is 17.3 Å². The van der Waals surface area contributed by atoms with Crippen LogP contribution in [0.1, 0.15) is 23.6 Å². The fourth-order valence-corrected chi connectivity index (χ4v) is 6.05. The normalized spacial score (nSPS) is 30.4. The summed E-state index contributed by atoms with van der Waals surface area (Å²) in [5.74, 6) is 2.00. The summed E-state index contributed by atoms with van der Waals surface area (Å²) in [6.07, 6.45) is 2.70. The van der Waals surface area contributed by atoms with Crippen LogP contribution >= 0.6 is 0 Å². The molecule has 0 saturated carbocycles. The Balaban J connectivity index is 1.24. The molecule has 0 spiro atoms. The molecule has 0 amide bonds. The Morgan fingerprint density at radius 1 is 1.07 bits per heavy atom. The highest BCUT2D eigenvalue weighted by Gasteiger charge is 2.38. The lowest BCUT2D eigenvalue weighted by molar-refractivity contribution is 0.152. The number of pyridine rings is 2. The molecule has 30 heavy (non-hydrogen) atoms. The Morgan fingerprint density at radius 3 is 2.70 bits per heavy atom. The molecular weight excluding hydrogens is 383 g/mol. The standard InChI is InChI=1S/C23H27FN4O2/c24-20-2-1-5-25-22(20)27-7-15-6-17(12-27)21-4-3-16(23(29)28(21)8-15)9-26-10-18-13-30-14-19(18)11-26/h1-5,15,17-19H,6-14H2/t15-,17+,18-,19+/m0/s1. The number of rotatable bonds is 3. The van der Waals surface area contributed by atoms with Crippen molar-refractivity contribution in [3.63, 3.8) is 0 Å². The maximum absolute atomic E-state index is 14.3. The molecule has 4 atom stereocenters. The van der Waals surface area contributed by atoms with E-state index >= 15 is 0 Å². The van der Waals surface area contributed by atoms with E-state index in [2.05, 4.69) is 20.9 Å². The van der Waals surface area contributed by atoms with Crippen LogP contribution in [0.2, 0.25) is 0 Å². The van der Waals surface area contributed by atoms with Gasteiger partial charge in [0.15, 0.2) is 11.6 Å². The van der Waals surface area contributed by atoms with Crippen LogP contribution in [0.25, 0.3) is 0 Å². The molecule has 4 aliphatic rings. The van der Waals surface area contributed by atoms with Crippen molar-refractivity contribution >= 4 is 5.82 Å². The lowest BCUT2D eigenvalue weighted by atomic mass is 9.83. The molecule has 3 fully saturated rings. The summed E-state index contributed by atoms with van der Waals surface area (Å²) < 4.78 is 21.8. The van der Waals surface area contributed by atoms with Gasteiger partial charge in [-0.2, -0.15) is 0 Å². The highest BCUT2D eigenvalue weighted by Crippen LogP contribution is 2.37. The lowest BCUT2D eigenvalue weighted by Gasteiger charge is -2.43. The lowest BCUT2D eigenvalue weighted by Crippen LogP contribution is -2.48. The number of nitrogens with zero attached hydrogens (tertiary/aromatic N) is 4. The van der Waals surface area contributed by atoms with E-state index in [1.54, 1.807) is 12.3 Å². The van der Waals surface area contributed by atoms with E-state index in [9.17, 15) is 9.18 Å². The van der Waals surface area contributed by atoms with Crippen LogP contribution in [-0.2, 0) is 17.8 Å². The molecule has 158 valence electrons. The summed E-state index contributed by atoms with van der Waals surface area (Å²) in [5, 5.41) is 0. The molecular formula is C23H27FN4O2. The van der Waals surface area contributed by atoms with E-state index in [1.165, 1.54) is 6.07 Å². The zero-order valence-corrected chi connectivity index (χ0v) is 17.0. The van der Waals surface area contributed by atoms with Gasteiger partial charge in [-0.25, -0.2) is 9.37 Å². The molecule has 0 aliphatic carbocycles. The average Bonchev–Trinajstić information content (AvgIpc) is 3.32.